The van der Waals surface area contributed by atoms with Crippen LogP contribution in [0.5, 0.6) is 0 Å². The van der Waals surface area contributed by atoms with Crippen molar-refractivity contribution in [3.63, 3.8) is 0 Å². The van der Waals surface area contributed by atoms with Crippen LogP contribution in [0, 0.1) is 5.82 Å². The van der Waals surface area contributed by atoms with Crippen molar-refractivity contribution >= 4 is 28.3 Å². The predicted molar refractivity (Wildman–Crippen MR) is 49.2 cm³/mol. The summed E-state index contributed by atoms with van der Waals surface area (Å²) >= 11 is 3.23. The first-order valence-corrected chi connectivity index (χ1v) is 4.10. The zero-order chi connectivity index (χ0) is 8.97. The predicted octanol–water partition coefficient (Wildman–Crippen LogP) is 2.80. The molecule has 1 aromatic carbocycles. The number of benzene rings is 1. The lowest BCUT2D eigenvalue weighted by Crippen LogP contribution is -1.78. The number of hydrogen-bond donors (Lipinski definition) is 0. The minimum absolute atomic E-state index is 0.316. The van der Waals surface area contributed by atoms with Crippen LogP contribution < -0.4 is 0 Å². The van der Waals surface area contributed by atoms with Gasteiger partial charge < -0.3 is 0 Å². The highest BCUT2D eigenvalue weighted by atomic mass is 79.9. The largest absolute Gasteiger partial charge is 0.299 e. The van der Waals surface area contributed by atoms with Gasteiger partial charge in [-0.1, -0.05) is 22.0 Å². The Morgan fingerprint density at radius 1 is 1.42 bits per heavy atom. The molecule has 0 heterocycles. The number of allylic oxidation sites excluding steroid dienone is 1. The van der Waals surface area contributed by atoms with Crippen molar-refractivity contribution < 1.29 is 9.18 Å². The minimum atomic E-state index is -0.316. The Morgan fingerprint density at radius 2 is 2.17 bits per heavy atom. The van der Waals surface area contributed by atoms with Crippen molar-refractivity contribution in [3.05, 3.63) is 40.1 Å². The van der Waals surface area contributed by atoms with Gasteiger partial charge in [-0.25, -0.2) is 4.39 Å². The second-order valence-electron chi connectivity index (χ2n) is 2.16. The van der Waals surface area contributed by atoms with Crippen molar-refractivity contribution in [2.45, 2.75) is 0 Å². The van der Waals surface area contributed by atoms with Crippen molar-refractivity contribution in [2.75, 3.05) is 0 Å². The molecule has 1 nitrogen and oxygen atoms in total. The Bertz CT molecular complexity index is 320. The van der Waals surface area contributed by atoms with Crippen LogP contribution in [0.2, 0.25) is 0 Å². The highest BCUT2D eigenvalue weighted by molar-refractivity contribution is 9.10. The monoisotopic (exact) mass is 228 g/mol. The van der Waals surface area contributed by atoms with E-state index in [-0.39, 0.29) is 5.82 Å². The van der Waals surface area contributed by atoms with Crippen LogP contribution in [0.1, 0.15) is 5.56 Å². The van der Waals surface area contributed by atoms with Crippen LogP contribution in [0.4, 0.5) is 4.39 Å². The lowest BCUT2D eigenvalue weighted by molar-refractivity contribution is -0.104. The maximum atomic E-state index is 12.6. The molecule has 0 unspecified atom stereocenters. The van der Waals surface area contributed by atoms with Gasteiger partial charge in [0, 0.05) is 4.47 Å². The summed E-state index contributed by atoms with van der Waals surface area (Å²) in [4.78, 5) is 9.98. The van der Waals surface area contributed by atoms with Crippen molar-refractivity contribution in [1.29, 1.82) is 0 Å². The summed E-state index contributed by atoms with van der Waals surface area (Å²) in [5, 5.41) is 0. The maximum Gasteiger partial charge on any atom is 0.142 e. The molecule has 1 rings (SSSR count). The van der Waals surface area contributed by atoms with Gasteiger partial charge in [0.2, 0.25) is 0 Å². The Labute approximate surface area is 78.0 Å². The van der Waals surface area contributed by atoms with E-state index in [2.05, 4.69) is 15.9 Å². The summed E-state index contributed by atoms with van der Waals surface area (Å²) in [6, 6.07) is 4.30. The Morgan fingerprint density at radius 3 is 2.83 bits per heavy atom. The van der Waals surface area contributed by atoms with Gasteiger partial charge in [0.25, 0.3) is 0 Å². The van der Waals surface area contributed by atoms with E-state index in [9.17, 15) is 9.18 Å². The molecule has 0 aliphatic rings. The highest BCUT2D eigenvalue weighted by Crippen LogP contribution is 2.18. The van der Waals surface area contributed by atoms with E-state index < -0.39 is 0 Å². The van der Waals surface area contributed by atoms with E-state index in [1.54, 1.807) is 12.1 Å². The van der Waals surface area contributed by atoms with Crippen LogP contribution in [0.25, 0.3) is 6.08 Å². The molecule has 0 amide bonds. The Hall–Kier alpha value is -0.960. The summed E-state index contributed by atoms with van der Waals surface area (Å²) in [6.45, 7) is 0. The average Bonchev–Trinajstić information content (AvgIpc) is 2.07. The van der Waals surface area contributed by atoms with Gasteiger partial charge in [0.05, 0.1) is 0 Å². The van der Waals surface area contributed by atoms with Gasteiger partial charge in [0.15, 0.2) is 0 Å². The average molecular weight is 229 g/mol. The van der Waals surface area contributed by atoms with E-state index in [1.165, 1.54) is 18.2 Å². The van der Waals surface area contributed by atoms with Crippen LogP contribution in [0.15, 0.2) is 28.7 Å². The molecule has 0 aliphatic carbocycles. The molecule has 0 aromatic heterocycles. The fourth-order valence-corrected chi connectivity index (χ4v) is 1.16. The number of carbonyl (C=O) groups is 1. The fourth-order valence-electron chi connectivity index (χ4n) is 0.785. The molecule has 0 atom stereocenters. The van der Waals surface area contributed by atoms with E-state index in [0.717, 1.165) is 4.47 Å². The molecule has 0 fully saturated rings. The van der Waals surface area contributed by atoms with Crippen LogP contribution in [-0.2, 0) is 4.79 Å². The maximum absolute atomic E-state index is 12.6. The normalized spacial score (nSPS) is 10.5. The SMILES string of the molecule is O=C/C=C/c1cc(F)ccc1Br. The van der Waals surface area contributed by atoms with E-state index >= 15 is 0 Å². The first kappa shape index (κ1) is 9.13. The Balaban J connectivity index is 3.04. The second-order valence-corrected chi connectivity index (χ2v) is 3.02. The highest BCUT2D eigenvalue weighted by Gasteiger charge is 1.96. The van der Waals surface area contributed by atoms with Crippen molar-refractivity contribution in [3.8, 4) is 0 Å². The molecular formula is C9H6BrFO. The van der Waals surface area contributed by atoms with Gasteiger partial charge in [-0.2, -0.15) is 0 Å². The molecule has 12 heavy (non-hydrogen) atoms. The van der Waals surface area contributed by atoms with Crippen LogP contribution in [0.3, 0.4) is 0 Å². The van der Waals surface area contributed by atoms with E-state index in [1.807, 2.05) is 0 Å². The summed E-state index contributed by atoms with van der Waals surface area (Å²) < 4.78 is 13.4. The summed E-state index contributed by atoms with van der Waals surface area (Å²) in [5.74, 6) is -0.316. The molecule has 0 aliphatic heterocycles. The van der Waals surface area contributed by atoms with Gasteiger partial charge in [-0.15, -0.1) is 0 Å². The summed E-state index contributed by atoms with van der Waals surface area (Å²) in [5.41, 5.74) is 0.655. The van der Waals surface area contributed by atoms with Crippen LogP contribution in [-0.4, -0.2) is 6.29 Å². The number of carbonyl (C=O) groups excluding carboxylic acids is 1. The third kappa shape index (κ3) is 2.27. The van der Waals surface area contributed by atoms with Gasteiger partial charge in [0.1, 0.15) is 12.1 Å². The molecule has 3 heteroatoms. The second kappa shape index (κ2) is 4.16. The molecular weight excluding hydrogens is 223 g/mol. The van der Waals surface area contributed by atoms with E-state index in [4.69, 9.17) is 0 Å². The molecule has 0 bridgehead atoms. The Kier molecular flexibility index (Phi) is 3.17. The minimum Gasteiger partial charge on any atom is -0.299 e. The van der Waals surface area contributed by atoms with E-state index in [0.29, 0.717) is 11.8 Å². The zero-order valence-corrected chi connectivity index (χ0v) is 7.71. The lowest BCUT2D eigenvalue weighted by atomic mass is 10.2. The smallest absolute Gasteiger partial charge is 0.142 e. The van der Waals surface area contributed by atoms with Crippen LogP contribution >= 0.6 is 15.9 Å². The first-order valence-electron chi connectivity index (χ1n) is 3.31. The number of hydrogen-bond acceptors (Lipinski definition) is 1. The molecule has 1 aromatic rings. The summed E-state index contributed by atoms with van der Waals surface area (Å²) in [7, 11) is 0. The molecule has 0 saturated carbocycles. The van der Waals surface area contributed by atoms with Gasteiger partial charge in [-0.3, -0.25) is 4.79 Å². The third-order valence-electron chi connectivity index (χ3n) is 1.31. The molecule has 0 radical (unpaired) electrons. The molecule has 62 valence electrons. The fraction of sp³-hybridized carbons (Fsp3) is 0. The topological polar surface area (TPSA) is 17.1 Å². The summed E-state index contributed by atoms with van der Waals surface area (Å²) in [6.07, 6.45) is 3.51. The number of aldehydes is 1. The standard InChI is InChI=1S/C9H6BrFO/c10-9-4-3-8(11)6-7(9)2-1-5-12/h1-6H/b2-1+. The first-order chi connectivity index (χ1) is 5.74. The zero-order valence-electron chi connectivity index (χ0n) is 6.13. The molecule has 0 saturated heterocycles. The third-order valence-corrected chi connectivity index (χ3v) is 2.03. The lowest BCUT2D eigenvalue weighted by Gasteiger charge is -1.96. The molecule has 0 N–H and O–H groups in total. The van der Waals surface area contributed by atoms with Gasteiger partial charge >= 0.3 is 0 Å². The van der Waals surface area contributed by atoms with Gasteiger partial charge in [-0.05, 0) is 29.8 Å². The molecule has 0 spiro atoms. The number of halogens is 2. The number of rotatable bonds is 2. The van der Waals surface area contributed by atoms with Crippen molar-refractivity contribution in [1.82, 2.24) is 0 Å². The quantitative estimate of drug-likeness (QED) is 0.562. The van der Waals surface area contributed by atoms with Crippen molar-refractivity contribution in [2.24, 2.45) is 0 Å².